The molecule has 5 heteroatoms. The van der Waals surface area contributed by atoms with Gasteiger partial charge in [0.2, 0.25) is 5.91 Å². The zero-order chi connectivity index (χ0) is 12.8. The second kappa shape index (κ2) is 7.13. The Labute approximate surface area is 119 Å². The van der Waals surface area contributed by atoms with Crippen LogP contribution in [0.25, 0.3) is 0 Å². The lowest BCUT2D eigenvalue weighted by Gasteiger charge is -2.14. The molecule has 0 fully saturated rings. The van der Waals surface area contributed by atoms with E-state index in [1.807, 2.05) is 25.1 Å². The van der Waals surface area contributed by atoms with Gasteiger partial charge in [0.05, 0.1) is 6.54 Å². The highest BCUT2D eigenvalue weighted by atomic mass is 79.9. The maximum Gasteiger partial charge on any atom is 0.236 e. The molecule has 17 heavy (non-hydrogen) atoms. The van der Waals surface area contributed by atoms with Gasteiger partial charge in [-0.1, -0.05) is 6.07 Å². The van der Waals surface area contributed by atoms with E-state index >= 15 is 0 Å². The number of carbonyl (C=O) groups is 1. The minimum absolute atomic E-state index is 0.115. The van der Waals surface area contributed by atoms with Gasteiger partial charge in [-0.3, -0.25) is 4.79 Å². The number of amides is 1. The van der Waals surface area contributed by atoms with Crippen LogP contribution in [0.2, 0.25) is 0 Å². The highest BCUT2D eigenvalue weighted by Crippen LogP contribution is 2.23. The highest BCUT2D eigenvalue weighted by Gasteiger charge is 2.05. The van der Waals surface area contributed by atoms with E-state index < -0.39 is 0 Å². The van der Waals surface area contributed by atoms with Crippen molar-refractivity contribution in [2.75, 3.05) is 20.1 Å². The average Bonchev–Trinajstić information content (AvgIpc) is 2.32. The van der Waals surface area contributed by atoms with Gasteiger partial charge in [0.15, 0.2) is 0 Å². The number of benzene rings is 1. The van der Waals surface area contributed by atoms with E-state index in [0.29, 0.717) is 13.1 Å². The third kappa shape index (κ3) is 4.77. The molecule has 0 saturated carbocycles. The summed E-state index contributed by atoms with van der Waals surface area (Å²) in [5.41, 5.74) is 1.15. The molecule has 0 aliphatic rings. The van der Waals surface area contributed by atoms with Gasteiger partial charge >= 0.3 is 0 Å². The molecule has 3 nitrogen and oxygen atoms in total. The molecule has 0 unspecified atom stereocenters. The number of nitrogens with zero attached hydrogens (tertiary/aromatic N) is 1. The van der Waals surface area contributed by atoms with Crippen LogP contribution in [0.4, 0.5) is 0 Å². The van der Waals surface area contributed by atoms with Crippen molar-refractivity contribution in [2.24, 2.45) is 0 Å². The first-order valence-corrected chi connectivity index (χ1v) is 7.01. The number of nitrogens with one attached hydrogen (secondary N) is 1. The van der Waals surface area contributed by atoms with Crippen molar-refractivity contribution < 1.29 is 4.79 Å². The average molecular weight is 364 g/mol. The van der Waals surface area contributed by atoms with Gasteiger partial charge in [0.25, 0.3) is 0 Å². The predicted molar refractivity (Wildman–Crippen MR) is 76.9 cm³/mol. The maximum absolute atomic E-state index is 11.5. The minimum Gasteiger partial charge on any atom is -0.345 e. The lowest BCUT2D eigenvalue weighted by molar-refractivity contribution is -0.128. The van der Waals surface area contributed by atoms with Crippen molar-refractivity contribution in [3.05, 3.63) is 32.7 Å². The number of hydrogen-bond donors (Lipinski definition) is 1. The Kier molecular flexibility index (Phi) is 6.16. The Morgan fingerprint density at radius 3 is 2.65 bits per heavy atom. The molecule has 1 amide bonds. The van der Waals surface area contributed by atoms with Gasteiger partial charge < -0.3 is 10.2 Å². The van der Waals surface area contributed by atoms with E-state index in [0.717, 1.165) is 21.1 Å². The van der Waals surface area contributed by atoms with Crippen molar-refractivity contribution in [1.29, 1.82) is 0 Å². The molecule has 1 aromatic rings. The molecule has 0 aliphatic carbocycles. The van der Waals surface area contributed by atoms with Crippen LogP contribution in [0.1, 0.15) is 12.5 Å². The first-order chi connectivity index (χ1) is 8.04. The fourth-order valence-electron chi connectivity index (χ4n) is 1.27. The van der Waals surface area contributed by atoms with Crippen LogP contribution in [0.15, 0.2) is 27.1 Å². The fraction of sp³-hybridized carbons (Fsp3) is 0.417. The van der Waals surface area contributed by atoms with Crippen molar-refractivity contribution >= 4 is 37.8 Å². The zero-order valence-corrected chi connectivity index (χ0v) is 13.1. The maximum atomic E-state index is 11.5. The van der Waals surface area contributed by atoms with Crippen LogP contribution < -0.4 is 5.32 Å². The van der Waals surface area contributed by atoms with Crippen LogP contribution in [-0.4, -0.2) is 30.9 Å². The van der Waals surface area contributed by atoms with E-state index in [4.69, 9.17) is 0 Å². The van der Waals surface area contributed by atoms with Crippen molar-refractivity contribution in [1.82, 2.24) is 10.2 Å². The predicted octanol–water partition coefficient (Wildman–Crippen LogP) is 2.78. The molecule has 0 bridgehead atoms. The third-order valence-electron chi connectivity index (χ3n) is 2.49. The monoisotopic (exact) mass is 362 g/mol. The second-order valence-electron chi connectivity index (χ2n) is 3.76. The van der Waals surface area contributed by atoms with E-state index in [1.54, 1.807) is 11.9 Å². The van der Waals surface area contributed by atoms with Gasteiger partial charge in [0, 0.05) is 29.1 Å². The van der Waals surface area contributed by atoms with Gasteiger partial charge in [-0.25, -0.2) is 0 Å². The Bertz CT molecular complexity index is 396. The molecular formula is C12H16Br2N2O. The van der Waals surface area contributed by atoms with Crippen LogP contribution >= 0.6 is 31.9 Å². The van der Waals surface area contributed by atoms with Crippen molar-refractivity contribution in [3.63, 3.8) is 0 Å². The normalized spacial score (nSPS) is 10.4. The van der Waals surface area contributed by atoms with Crippen molar-refractivity contribution in [2.45, 2.75) is 13.5 Å². The molecule has 1 rings (SSSR count). The van der Waals surface area contributed by atoms with E-state index in [9.17, 15) is 4.79 Å². The molecule has 1 aromatic carbocycles. The summed E-state index contributed by atoms with van der Waals surface area (Å²) in [5, 5.41) is 3.14. The molecule has 0 heterocycles. The lowest BCUT2D eigenvalue weighted by atomic mass is 10.2. The Morgan fingerprint density at radius 1 is 1.35 bits per heavy atom. The molecule has 94 valence electrons. The number of hydrogen-bond acceptors (Lipinski definition) is 2. The number of rotatable bonds is 5. The summed E-state index contributed by atoms with van der Waals surface area (Å²) in [6.07, 6.45) is 0. The molecule has 0 saturated heterocycles. The smallest absolute Gasteiger partial charge is 0.236 e. The van der Waals surface area contributed by atoms with Gasteiger partial charge in [-0.15, -0.1) is 0 Å². The molecule has 0 aromatic heterocycles. The first kappa shape index (κ1) is 14.7. The largest absolute Gasteiger partial charge is 0.345 e. The van der Waals surface area contributed by atoms with Crippen molar-refractivity contribution in [3.8, 4) is 0 Å². The highest BCUT2D eigenvalue weighted by molar-refractivity contribution is 9.13. The summed E-state index contributed by atoms with van der Waals surface area (Å²) in [4.78, 5) is 13.2. The SMILES string of the molecule is CCN(C)C(=O)CNCc1ccc(Br)c(Br)c1. The number of carbonyl (C=O) groups excluding carboxylic acids is 1. The summed E-state index contributed by atoms with van der Waals surface area (Å²) in [6.45, 7) is 3.77. The standard InChI is InChI=1S/C12H16Br2N2O/c1-3-16(2)12(17)8-15-7-9-4-5-10(13)11(14)6-9/h4-6,15H,3,7-8H2,1-2H3. The summed E-state index contributed by atoms with van der Waals surface area (Å²) in [6, 6.07) is 6.04. The molecule has 0 aliphatic heterocycles. The topological polar surface area (TPSA) is 32.3 Å². The van der Waals surface area contributed by atoms with Gasteiger partial charge in [0.1, 0.15) is 0 Å². The summed E-state index contributed by atoms with van der Waals surface area (Å²) in [7, 11) is 1.81. The number of likely N-dealkylation sites (N-methyl/N-ethyl adjacent to an activating group) is 1. The summed E-state index contributed by atoms with van der Waals surface area (Å²) >= 11 is 6.87. The fourth-order valence-corrected chi connectivity index (χ4v) is 1.95. The molecule has 1 N–H and O–H groups in total. The van der Waals surface area contributed by atoms with Gasteiger partial charge in [-0.05, 0) is 56.5 Å². The second-order valence-corrected chi connectivity index (χ2v) is 5.47. The Hall–Kier alpha value is -0.390. The molecule has 0 spiro atoms. The quantitative estimate of drug-likeness (QED) is 0.872. The first-order valence-electron chi connectivity index (χ1n) is 5.43. The summed E-state index contributed by atoms with van der Waals surface area (Å²) in [5.74, 6) is 0.115. The Morgan fingerprint density at radius 2 is 2.06 bits per heavy atom. The van der Waals surface area contributed by atoms with Crippen LogP contribution in [0.5, 0.6) is 0 Å². The lowest BCUT2D eigenvalue weighted by Crippen LogP contribution is -2.35. The van der Waals surface area contributed by atoms with E-state index in [1.165, 1.54) is 0 Å². The molecule has 0 atom stereocenters. The van der Waals surface area contributed by atoms with E-state index in [-0.39, 0.29) is 5.91 Å². The van der Waals surface area contributed by atoms with E-state index in [2.05, 4.69) is 37.2 Å². The minimum atomic E-state index is 0.115. The third-order valence-corrected chi connectivity index (χ3v) is 4.37. The molecule has 0 radical (unpaired) electrons. The zero-order valence-electron chi connectivity index (χ0n) is 9.96. The number of halogens is 2. The van der Waals surface area contributed by atoms with Gasteiger partial charge in [-0.2, -0.15) is 0 Å². The summed E-state index contributed by atoms with van der Waals surface area (Å²) < 4.78 is 2.05. The van der Waals surface area contributed by atoms with Crippen LogP contribution in [0, 0.1) is 0 Å². The molecular weight excluding hydrogens is 348 g/mol. The van der Waals surface area contributed by atoms with Crippen LogP contribution in [0.3, 0.4) is 0 Å². The Balaban J connectivity index is 2.41. The van der Waals surface area contributed by atoms with Crippen LogP contribution in [-0.2, 0) is 11.3 Å².